The van der Waals surface area contributed by atoms with Gasteiger partial charge in [-0.1, -0.05) is 0 Å². The number of ether oxygens (including phenoxy) is 1. The summed E-state index contributed by atoms with van der Waals surface area (Å²) < 4.78 is 11.2. The van der Waals surface area contributed by atoms with E-state index in [0.29, 0.717) is 44.6 Å². The van der Waals surface area contributed by atoms with Crippen molar-refractivity contribution in [2.75, 3.05) is 44.6 Å². The molecule has 4 amide bonds. The van der Waals surface area contributed by atoms with Gasteiger partial charge in [0.25, 0.3) is 0 Å². The van der Waals surface area contributed by atoms with Gasteiger partial charge in [0.05, 0.1) is 6.54 Å². The number of hydrogen-bond acceptors (Lipinski definition) is 7. The van der Waals surface area contributed by atoms with Crippen LogP contribution < -0.4 is 10.6 Å². The van der Waals surface area contributed by atoms with Crippen LogP contribution in [0.25, 0.3) is 11.0 Å². The first-order valence-electron chi connectivity index (χ1n) is 16.2. The molecule has 244 valence electrons. The molecular formula is C33H46N6O6. The Balaban J connectivity index is 1.31. The molecule has 0 unspecified atom stereocenters. The molecule has 1 aromatic carbocycles. The quantitative estimate of drug-likeness (QED) is 0.375. The van der Waals surface area contributed by atoms with E-state index in [1.165, 1.54) is 0 Å². The first-order valence-corrected chi connectivity index (χ1v) is 16.2. The number of rotatable bonds is 5. The number of aliphatic imine (C=N–C) groups is 1. The molecule has 3 saturated heterocycles. The average molecular weight is 623 g/mol. The maximum atomic E-state index is 13.7. The molecule has 1 aromatic heterocycles. The highest BCUT2D eigenvalue weighted by molar-refractivity contribution is 6.06. The van der Waals surface area contributed by atoms with E-state index in [1.807, 2.05) is 56.9 Å². The van der Waals surface area contributed by atoms with E-state index in [-0.39, 0.29) is 42.2 Å². The van der Waals surface area contributed by atoms with Gasteiger partial charge >= 0.3 is 6.09 Å². The summed E-state index contributed by atoms with van der Waals surface area (Å²) >= 11 is 0. The first kappa shape index (κ1) is 32.3. The van der Waals surface area contributed by atoms with Gasteiger partial charge in [0.1, 0.15) is 23.0 Å². The van der Waals surface area contributed by atoms with Crippen LogP contribution in [-0.4, -0.2) is 95.4 Å². The highest BCUT2D eigenvalue weighted by atomic mass is 16.6. The summed E-state index contributed by atoms with van der Waals surface area (Å²) in [5, 5.41) is 7.09. The van der Waals surface area contributed by atoms with Gasteiger partial charge in [0.15, 0.2) is 0 Å². The Morgan fingerprint density at radius 1 is 0.956 bits per heavy atom. The lowest BCUT2D eigenvalue weighted by atomic mass is 9.96. The van der Waals surface area contributed by atoms with Crippen LogP contribution >= 0.6 is 0 Å². The molecule has 3 fully saturated rings. The zero-order valence-corrected chi connectivity index (χ0v) is 26.9. The number of guanidine groups is 1. The summed E-state index contributed by atoms with van der Waals surface area (Å²) in [6, 6.07) is 6.78. The number of carbonyl (C=O) groups excluding carboxylic acids is 4. The molecule has 2 N–H and O–H groups in total. The van der Waals surface area contributed by atoms with Crippen molar-refractivity contribution in [3.8, 4) is 0 Å². The van der Waals surface area contributed by atoms with Crippen LogP contribution in [-0.2, 0) is 19.1 Å². The largest absolute Gasteiger partial charge is 0.461 e. The molecule has 0 spiro atoms. The molecule has 3 aliphatic rings. The summed E-state index contributed by atoms with van der Waals surface area (Å²) in [6.45, 7) is 10.2. The SMILES string of the molecule is Cc1cc2cc(NC(=N[C@H]3CCCCN(CC(=O)N4CCCC4)C3=O)NC(=O)C3CCN(C(=O)OC(C)(C)C)CC3)ccc2o1. The first-order chi connectivity index (χ1) is 21.4. The van der Waals surface area contributed by atoms with Crippen molar-refractivity contribution in [3.05, 3.63) is 30.0 Å². The summed E-state index contributed by atoms with van der Waals surface area (Å²) in [5.41, 5.74) is 0.839. The third-order valence-corrected chi connectivity index (χ3v) is 8.48. The molecule has 0 radical (unpaired) electrons. The van der Waals surface area contributed by atoms with Crippen LogP contribution in [0.4, 0.5) is 10.5 Å². The van der Waals surface area contributed by atoms with E-state index in [2.05, 4.69) is 10.6 Å². The van der Waals surface area contributed by atoms with Crippen LogP contribution in [0.1, 0.15) is 71.5 Å². The maximum Gasteiger partial charge on any atom is 0.410 e. The number of benzene rings is 1. The molecule has 0 saturated carbocycles. The van der Waals surface area contributed by atoms with E-state index in [9.17, 15) is 19.2 Å². The van der Waals surface area contributed by atoms with Gasteiger partial charge in [-0.15, -0.1) is 0 Å². The van der Waals surface area contributed by atoms with Gasteiger partial charge in [-0.3, -0.25) is 19.7 Å². The van der Waals surface area contributed by atoms with Gasteiger partial charge in [-0.2, -0.15) is 0 Å². The standard InChI is InChI=1S/C33H46N6O6/c1-22-19-24-20-25(10-11-27(24)44-22)34-31(36-29(41)23-12-17-38(18-13-23)32(43)45-33(2,3)4)35-26-9-5-6-16-39(30(26)42)21-28(40)37-14-7-8-15-37/h10-11,19-20,23,26H,5-9,12-18,21H2,1-4H3,(H2,34,35,36,41)/t26-/m0/s1. The Labute approximate surface area is 264 Å². The third-order valence-electron chi connectivity index (χ3n) is 8.48. The average Bonchev–Trinajstić information content (AvgIpc) is 3.62. The number of fused-ring (bicyclic) bond motifs is 1. The van der Waals surface area contributed by atoms with Crippen molar-refractivity contribution in [1.82, 2.24) is 20.0 Å². The number of nitrogens with zero attached hydrogens (tertiary/aromatic N) is 4. The second kappa shape index (κ2) is 13.9. The summed E-state index contributed by atoms with van der Waals surface area (Å²) in [4.78, 5) is 62.5. The Morgan fingerprint density at radius 3 is 2.38 bits per heavy atom. The van der Waals surface area contributed by atoms with Crippen molar-refractivity contribution in [3.63, 3.8) is 0 Å². The van der Waals surface area contributed by atoms with Crippen molar-refractivity contribution in [2.24, 2.45) is 10.9 Å². The molecule has 45 heavy (non-hydrogen) atoms. The minimum Gasteiger partial charge on any atom is -0.461 e. The number of carbonyl (C=O) groups is 4. The number of anilines is 1. The van der Waals surface area contributed by atoms with Crippen molar-refractivity contribution < 1.29 is 28.3 Å². The fourth-order valence-corrected chi connectivity index (χ4v) is 6.10. The number of amides is 4. The fourth-order valence-electron chi connectivity index (χ4n) is 6.10. The summed E-state index contributed by atoms with van der Waals surface area (Å²) in [6.07, 6.45) is 4.64. The number of likely N-dealkylation sites (tertiary alicyclic amines) is 3. The fraction of sp³-hybridized carbons (Fsp3) is 0.606. The van der Waals surface area contributed by atoms with Crippen LogP contribution in [0.15, 0.2) is 33.7 Å². The van der Waals surface area contributed by atoms with E-state index in [4.69, 9.17) is 14.1 Å². The maximum absolute atomic E-state index is 13.7. The molecule has 12 heteroatoms. The van der Waals surface area contributed by atoms with Crippen molar-refractivity contribution in [1.29, 1.82) is 0 Å². The van der Waals surface area contributed by atoms with Crippen molar-refractivity contribution in [2.45, 2.75) is 84.3 Å². The Kier molecular flexibility index (Phi) is 9.99. The monoisotopic (exact) mass is 622 g/mol. The molecule has 5 rings (SSSR count). The smallest absolute Gasteiger partial charge is 0.410 e. The normalized spacial score (nSPS) is 20.4. The molecule has 1 atom stereocenters. The second-order valence-corrected chi connectivity index (χ2v) is 13.3. The number of piperidine rings is 1. The van der Waals surface area contributed by atoms with E-state index >= 15 is 0 Å². The Bertz CT molecular complexity index is 1430. The number of nitrogens with one attached hydrogen (secondary N) is 2. The molecule has 3 aliphatic heterocycles. The molecule has 0 aliphatic carbocycles. The third kappa shape index (κ3) is 8.55. The Morgan fingerprint density at radius 2 is 1.67 bits per heavy atom. The van der Waals surface area contributed by atoms with Crippen LogP contribution in [0.5, 0.6) is 0 Å². The number of furan rings is 1. The molecule has 4 heterocycles. The lowest BCUT2D eigenvalue weighted by molar-refractivity contribution is -0.140. The minimum absolute atomic E-state index is 0.0291. The highest BCUT2D eigenvalue weighted by Crippen LogP contribution is 2.24. The molecular weight excluding hydrogens is 576 g/mol. The van der Waals surface area contributed by atoms with Gasteiger partial charge < -0.3 is 29.2 Å². The van der Waals surface area contributed by atoms with Crippen LogP contribution in [0.3, 0.4) is 0 Å². The van der Waals surface area contributed by atoms with Gasteiger partial charge in [-0.05, 0) is 96.9 Å². The molecule has 0 bridgehead atoms. The molecule has 2 aromatic rings. The number of aryl methyl sites for hydroxylation is 1. The Hall–Kier alpha value is -4.09. The van der Waals surface area contributed by atoms with Gasteiger partial charge in [0, 0.05) is 49.7 Å². The summed E-state index contributed by atoms with van der Waals surface area (Å²) in [7, 11) is 0. The zero-order chi connectivity index (χ0) is 32.1. The van der Waals surface area contributed by atoms with Gasteiger partial charge in [0.2, 0.25) is 23.7 Å². The molecule has 12 nitrogen and oxygen atoms in total. The van der Waals surface area contributed by atoms with E-state index in [0.717, 1.165) is 55.5 Å². The lowest BCUT2D eigenvalue weighted by Gasteiger charge is -2.33. The zero-order valence-electron chi connectivity index (χ0n) is 26.9. The highest BCUT2D eigenvalue weighted by Gasteiger charge is 2.33. The topological polar surface area (TPSA) is 137 Å². The number of hydrogen-bond donors (Lipinski definition) is 2. The van der Waals surface area contributed by atoms with Crippen LogP contribution in [0, 0.1) is 12.8 Å². The summed E-state index contributed by atoms with van der Waals surface area (Å²) in [5.74, 6) is 0.162. The van der Waals surface area contributed by atoms with Crippen LogP contribution in [0.2, 0.25) is 0 Å². The lowest BCUT2D eigenvalue weighted by Crippen LogP contribution is -2.48. The van der Waals surface area contributed by atoms with Gasteiger partial charge in [-0.25, -0.2) is 9.79 Å². The second-order valence-electron chi connectivity index (χ2n) is 13.3. The van der Waals surface area contributed by atoms with E-state index in [1.54, 1.807) is 9.80 Å². The predicted molar refractivity (Wildman–Crippen MR) is 171 cm³/mol. The predicted octanol–water partition coefficient (Wildman–Crippen LogP) is 4.28. The van der Waals surface area contributed by atoms with Crippen molar-refractivity contribution >= 4 is 46.4 Å². The minimum atomic E-state index is -0.740. The van der Waals surface area contributed by atoms with E-state index < -0.39 is 11.6 Å².